The summed E-state index contributed by atoms with van der Waals surface area (Å²) in [6.07, 6.45) is 5.77. The fourth-order valence-electron chi connectivity index (χ4n) is 2.26. The van der Waals surface area contributed by atoms with E-state index in [4.69, 9.17) is 4.74 Å². The van der Waals surface area contributed by atoms with Gasteiger partial charge in [0.15, 0.2) is 0 Å². The maximum Gasteiger partial charge on any atom is 0.120 e. The molecular formula is C16H16N2O. The van der Waals surface area contributed by atoms with Gasteiger partial charge in [-0.25, -0.2) is 0 Å². The van der Waals surface area contributed by atoms with Gasteiger partial charge in [-0.2, -0.15) is 0 Å². The van der Waals surface area contributed by atoms with Gasteiger partial charge in [-0.05, 0) is 48.9 Å². The first-order valence-corrected chi connectivity index (χ1v) is 6.47. The van der Waals surface area contributed by atoms with Crippen LogP contribution in [-0.2, 0) is 6.54 Å². The normalized spacial score (nSPS) is 10.8. The lowest BCUT2D eigenvalue weighted by atomic mass is 10.2. The number of pyridine rings is 1. The zero-order valence-electron chi connectivity index (χ0n) is 10.9. The van der Waals surface area contributed by atoms with Crippen molar-refractivity contribution in [2.75, 3.05) is 6.61 Å². The first-order chi connectivity index (χ1) is 9.36. The maximum absolute atomic E-state index is 5.52. The lowest BCUT2D eigenvalue weighted by Gasteiger charge is -2.07. The van der Waals surface area contributed by atoms with Crippen molar-refractivity contribution in [2.45, 2.75) is 13.5 Å². The third-order valence-electron chi connectivity index (χ3n) is 3.16. The molecule has 1 aromatic carbocycles. The van der Waals surface area contributed by atoms with E-state index in [0.29, 0.717) is 6.61 Å². The van der Waals surface area contributed by atoms with Crippen LogP contribution in [-0.4, -0.2) is 16.2 Å². The lowest BCUT2D eigenvalue weighted by Crippen LogP contribution is -1.97. The van der Waals surface area contributed by atoms with Crippen LogP contribution < -0.4 is 4.74 Å². The molecule has 0 radical (unpaired) electrons. The molecule has 0 N–H and O–H groups in total. The number of hydrogen-bond donors (Lipinski definition) is 0. The summed E-state index contributed by atoms with van der Waals surface area (Å²) in [4.78, 5) is 4.04. The van der Waals surface area contributed by atoms with E-state index >= 15 is 0 Å². The SMILES string of the molecule is CCOc1ccc2c(ccn2Cc2ccncc2)c1. The van der Waals surface area contributed by atoms with Crippen molar-refractivity contribution in [3.63, 3.8) is 0 Å². The van der Waals surface area contributed by atoms with Crippen LogP contribution in [0.5, 0.6) is 5.75 Å². The molecule has 0 atom stereocenters. The van der Waals surface area contributed by atoms with E-state index in [2.05, 4.69) is 33.9 Å². The van der Waals surface area contributed by atoms with E-state index < -0.39 is 0 Å². The van der Waals surface area contributed by atoms with Gasteiger partial charge >= 0.3 is 0 Å². The van der Waals surface area contributed by atoms with E-state index in [1.54, 1.807) is 0 Å². The van der Waals surface area contributed by atoms with Gasteiger partial charge in [-0.1, -0.05) is 0 Å². The molecule has 3 rings (SSSR count). The second-order valence-corrected chi connectivity index (χ2v) is 4.45. The number of fused-ring (bicyclic) bond motifs is 1. The summed E-state index contributed by atoms with van der Waals surface area (Å²) in [5.74, 6) is 0.927. The Kier molecular flexibility index (Phi) is 3.19. The van der Waals surface area contributed by atoms with Gasteiger partial charge in [0, 0.05) is 36.0 Å². The second kappa shape index (κ2) is 5.14. The zero-order valence-corrected chi connectivity index (χ0v) is 10.9. The van der Waals surface area contributed by atoms with Gasteiger partial charge in [-0.3, -0.25) is 4.98 Å². The van der Waals surface area contributed by atoms with Crippen molar-refractivity contribution in [1.82, 2.24) is 9.55 Å². The fourth-order valence-corrected chi connectivity index (χ4v) is 2.26. The number of rotatable bonds is 4. The van der Waals surface area contributed by atoms with Gasteiger partial charge < -0.3 is 9.30 Å². The molecule has 0 aliphatic rings. The summed E-state index contributed by atoms with van der Waals surface area (Å²) < 4.78 is 7.76. The molecule has 0 spiro atoms. The predicted octanol–water partition coefficient (Wildman–Crippen LogP) is 3.48. The average molecular weight is 252 g/mol. The second-order valence-electron chi connectivity index (χ2n) is 4.45. The largest absolute Gasteiger partial charge is 0.494 e. The molecule has 0 unspecified atom stereocenters. The lowest BCUT2D eigenvalue weighted by molar-refractivity contribution is 0.340. The van der Waals surface area contributed by atoms with E-state index in [9.17, 15) is 0 Å². The molecular weight excluding hydrogens is 236 g/mol. The summed E-state index contributed by atoms with van der Waals surface area (Å²) >= 11 is 0. The van der Waals surface area contributed by atoms with E-state index in [-0.39, 0.29) is 0 Å². The molecule has 0 saturated carbocycles. The van der Waals surface area contributed by atoms with Crippen LogP contribution in [0.4, 0.5) is 0 Å². The van der Waals surface area contributed by atoms with Gasteiger partial charge in [0.05, 0.1) is 6.61 Å². The highest BCUT2D eigenvalue weighted by Crippen LogP contribution is 2.22. The Morgan fingerprint density at radius 3 is 2.74 bits per heavy atom. The molecule has 3 aromatic rings. The number of hydrogen-bond acceptors (Lipinski definition) is 2. The Balaban J connectivity index is 1.93. The Labute approximate surface area is 112 Å². The van der Waals surface area contributed by atoms with Crippen molar-refractivity contribution in [2.24, 2.45) is 0 Å². The van der Waals surface area contributed by atoms with Crippen LogP contribution >= 0.6 is 0 Å². The topological polar surface area (TPSA) is 27.1 Å². The minimum absolute atomic E-state index is 0.698. The Hall–Kier alpha value is -2.29. The highest BCUT2D eigenvalue weighted by atomic mass is 16.5. The summed E-state index contributed by atoms with van der Waals surface area (Å²) in [5.41, 5.74) is 2.47. The molecule has 96 valence electrons. The molecule has 2 aromatic heterocycles. The molecule has 3 heteroatoms. The van der Waals surface area contributed by atoms with E-state index in [0.717, 1.165) is 12.3 Å². The number of ether oxygens (including phenoxy) is 1. The van der Waals surface area contributed by atoms with Gasteiger partial charge in [0.25, 0.3) is 0 Å². The fraction of sp³-hybridized carbons (Fsp3) is 0.188. The Bertz CT molecular complexity index is 674. The molecule has 0 bridgehead atoms. The van der Waals surface area contributed by atoms with E-state index in [1.807, 2.05) is 37.5 Å². The first-order valence-electron chi connectivity index (χ1n) is 6.47. The summed E-state index contributed by atoms with van der Waals surface area (Å²) in [6, 6.07) is 12.4. The molecule has 0 amide bonds. The number of aromatic nitrogens is 2. The maximum atomic E-state index is 5.52. The van der Waals surface area contributed by atoms with Crippen molar-refractivity contribution in [1.29, 1.82) is 0 Å². The summed E-state index contributed by atoms with van der Waals surface area (Å²) in [7, 11) is 0. The number of nitrogens with zero attached hydrogens (tertiary/aromatic N) is 2. The van der Waals surface area contributed by atoms with Crippen molar-refractivity contribution >= 4 is 10.9 Å². The molecule has 3 nitrogen and oxygen atoms in total. The third-order valence-corrected chi connectivity index (χ3v) is 3.16. The quantitative estimate of drug-likeness (QED) is 0.710. The average Bonchev–Trinajstić information content (AvgIpc) is 2.83. The Morgan fingerprint density at radius 1 is 1.11 bits per heavy atom. The smallest absolute Gasteiger partial charge is 0.120 e. The molecule has 0 fully saturated rings. The van der Waals surface area contributed by atoms with Crippen LogP contribution in [0.2, 0.25) is 0 Å². The third kappa shape index (κ3) is 2.45. The van der Waals surface area contributed by atoms with E-state index in [1.165, 1.54) is 16.5 Å². The van der Waals surface area contributed by atoms with Crippen molar-refractivity contribution in [3.8, 4) is 5.75 Å². The minimum Gasteiger partial charge on any atom is -0.494 e. The van der Waals surface area contributed by atoms with Crippen LogP contribution in [0, 0.1) is 0 Å². The van der Waals surface area contributed by atoms with Gasteiger partial charge in [-0.15, -0.1) is 0 Å². The van der Waals surface area contributed by atoms with Crippen LogP contribution in [0.3, 0.4) is 0 Å². The molecule has 0 saturated heterocycles. The van der Waals surface area contributed by atoms with Crippen molar-refractivity contribution in [3.05, 3.63) is 60.6 Å². The van der Waals surface area contributed by atoms with Gasteiger partial charge in [0.1, 0.15) is 5.75 Å². The first kappa shape index (κ1) is 11.8. The predicted molar refractivity (Wildman–Crippen MR) is 76.4 cm³/mol. The standard InChI is InChI=1S/C16H16N2O/c1-2-19-15-3-4-16-14(11-15)7-10-18(16)12-13-5-8-17-9-6-13/h3-11H,2,12H2,1H3. The molecule has 0 aliphatic heterocycles. The number of benzene rings is 1. The summed E-state index contributed by atoms with van der Waals surface area (Å²) in [6.45, 7) is 3.56. The minimum atomic E-state index is 0.698. The van der Waals surface area contributed by atoms with Crippen LogP contribution in [0.25, 0.3) is 10.9 Å². The molecule has 2 heterocycles. The van der Waals surface area contributed by atoms with Gasteiger partial charge in [0.2, 0.25) is 0 Å². The molecule has 19 heavy (non-hydrogen) atoms. The highest BCUT2D eigenvalue weighted by Gasteiger charge is 2.03. The van der Waals surface area contributed by atoms with Crippen LogP contribution in [0.1, 0.15) is 12.5 Å². The zero-order chi connectivity index (χ0) is 13.1. The monoisotopic (exact) mass is 252 g/mol. The van der Waals surface area contributed by atoms with Crippen molar-refractivity contribution < 1.29 is 4.74 Å². The molecule has 0 aliphatic carbocycles. The van der Waals surface area contributed by atoms with Crippen LogP contribution in [0.15, 0.2) is 55.0 Å². The summed E-state index contributed by atoms with van der Waals surface area (Å²) in [5, 5.41) is 1.21. The Morgan fingerprint density at radius 2 is 1.95 bits per heavy atom. The highest BCUT2D eigenvalue weighted by molar-refractivity contribution is 5.81.